The quantitative estimate of drug-likeness (QED) is 0.211. The van der Waals surface area contributed by atoms with Crippen LogP contribution in [0.3, 0.4) is 0 Å². The molecular weight excluding hydrogens is 589 g/mol. The Morgan fingerprint density at radius 1 is 0.625 bits per heavy atom. The summed E-state index contributed by atoms with van der Waals surface area (Å²) in [6.45, 7) is 0. The van der Waals surface area contributed by atoms with Crippen LogP contribution in [0, 0.1) is 0 Å². The second-order valence-electron chi connectivity index (χ2n) is 12.9. The second kappa shape index (κ2) is 9.66. The van der Waals surface area contributed by atoms with E-state index < -0.39 is 0 Å². The molecule has 48 heavy (non-hydrogen) atoms. The molecule has 226 valence electrons. The number of rotatable bonds is 2. The Balaban J connectivity index is 1.24. The molecule has 3 unspecified atom stereocenters. The van der Waals surface area contributed by atoms with E-state index in [1.807, 2.05) is 12.1 Å². The van der Waals surface area contributed by atoms with Crippen LogP contribution in [0.25, 0.3) is 33.0 Å². The van der Waals surface area contributed by atoms with E-state index in [-0.39, 0.29) is 18.0 Å². The van der Waals surface area contributed by atoms with E-state index in [1.165, 1.54) is 49.9 Å². The van der Waals surface area contributed by atoms with Gasteiger partial charge in [-0.15, -0.1) is 0 Å². The Morgan fingerprint density at radius 2 is 1.35 bits per heavy atom. The van der Waals surface area contributed by atoms with Crippen molar-refractivity contribution in [3.05, 3.63) is 179 Å². The average Bonchev–Trinajstić information content (AvgIpc) is 3.71. The maximum Gasteiger partial charge on any atom is 0.234 e. The molecule has 0 bridgehead atoms. The van der Waals surface area contributed by atoms with Crippen LogP contribution in [0.15, 0.2) is 167 Å². The van der Waals surface area contributed by atoms with Gasteiger partial charge in [-0.05, 0) is 63.1 Å². The third-order valence-corrected chi connectivity index (χ3v) is 10.4. The van der Waals surface area contributed by atoms with E-state index in [0.717, 1.165) is 34.2 Å². The molecule has 0 amide bonds. The number of amidine groups is 1. The number of aliphatic imine (C=N–C) groups is 2. The summed E-state index contributed by atoms with van der Waals surface area (Å²) < 4.78 is 6.66. The zero-order chi connectivity index (χ0) is 31.3. The largest absolute Gasteiger partial charge is 0.461 e. The Kier molecular flexibility index (Phi) is 5.22. The Bertz CT molecular complexity index is 2480. The first kappa shape index (κ1) is 25.9. The molecule has 0 fully saturated rings. The van der Waals surface area contributed by atoms with Gasteiger partial charge in [0, 0.05) is 28.1 Å². The molecule has 0 saturated heterocycles. The maximum absolute atomic E-state index is 6.66. The summed E-state index contributed by atoms with van der Waals surface area (Å²) in [6.07, 6.45) is 4.11. The molecule has 6 aromatic carbocycles. The number of nitrogens with zero attached hydrogens (tertiary/aromatic N) is 3. The van der Waals surface area contributed by atoms with Gasteiger partial charge in [0.25, 0.3) is 0 Å². The summed E-state index contributed by atoms with van der Waals surface area (Å²) in [6, 6.07) is 47.3. The maximum atomic E-state index is 6.66. The van der Waals surface area contributed by atoms with Gasteiger partial charge in [-0.3, -0.25) is 4.90 Å². The Labute approximate surface area is 277 Å². The van der Waals surface area contributed by atoms with Crippen molar-refractivity contribution in [3.63, 3.8) is 0 Å². The molecule has 5 heteroatoms. The number of benzene rings is 6. The molecule has 6 aromatic rings. The first-order chi connectivity index (χ1) is 23.8. The normalized spacial score (nSPS) is 20.7. The van der Waals surface area contributed by atoms with Crippen LogP contribution >= 0.6 is 0 Å². The van der Waals surface area contributed by atoms with Crippen LogP contribution < -0.4 is 15.0 Å². The SMILES string of the molecule is C1=C2Oc3cccc4c3C2C2C(=C1)N(C1=NC(c3ccccc3)NC(c3ccccc3)=N1)c1c2c(cc2ccccc12)-c1ccccc1-4. The summed E-state index contributed by atoms with van der Waals surface area (Å²) in [7, 11) is 0. The highest BCUT2D eigenvalue weighted by Gasteiger charge is 2.51. The van der Waals surface area contributed by atoms with Crippen molar-refractivity contribution < 1.29 is 4.74 Å². The molecule has 5 nitrogen and oxygen atoms in total. The van der Waals surface area contributed by atoms with Gasteiger partial charge in [0.15, 0.2) is 0 Å². The summed E-state index contributed by atoms with van der Waals surface area (Å²) >= 11 is 0. The number of hydrogen-bond donors (Lipinski definition) is 1. The van der Waals surface area contributed by atoms with Gasteiger partial charge in [-0.25, -0.2) is 4.99 Å². The van der Waals surface area contributed by atoms with Gasteiger partial charge in [-0.2, -0.15) is 4.99 Å². The van der Waals surface area contributed by atoms with Crippen LogP contribution in [0.2, 0.25) is 0 Å². The minimum absolute atomic E-state index is 0.0264. The number of allylic oxidation sites excluding steroid dienone is 4. The number of guanidine groups is 1. The van der Waals surface area contributed by atoms with E-state index in [9.17, 15) is 0 Å². The number of hydrogen-bond acceptors (Lipinski definition) is 5. The third-order valence-electron chi connectivity index (χ3n) is 10.4. The zero-order valence-electron chi connectivity index (χ0n) is 25.8. The molecule has 3 heterocycles. The topological polar surface area (TPSA) is 49.2 Å². The highest BCUT2D eigenvalue weighted by molar-refractivity contribution is 6.18. The number of ether oxygens (including phenoxy) is 1. The van der Waals surface area contributed by atoms with Crippen molar-refractivity contribution in [1.82, 2.24) is 5.32 Å². The van der Waals surface area contributed by atoms with E-state index in [0.29, 0.717) is 5.96 Å². The van der Waals surface area contributed by atoms with Crippen molar-refractivity contribution in [2.24, 2.45) is 9.98 Å². The van der Waals surface area contributed by atoms with E-state index >= 15 is 0 Å². The molecule has 3 aliphatic heterocycles. The van der Waals surface area contributed by atoms with Gasteiger partial charge >= 0.3 is 0 Å². The average molecular weight is 617 g/mol. The van der Waals surface area contributed by atoms with E-state index in [2.05, 4.69) is 144 Å². The van der Waals surface area contributed by atoms with E-state index in [4.69, 9.17) is 14.7 Å². The van der Waals surface area contributed by atoms with Gasteiger partial charge in [0.2, 0.25) is 5.96 Å². The first-order valence-electron chi connectivity index (χ1n) is 16.5. The Morgan fingerprint density at radius 3 is 2.21 bits per heavy atom. The minimum Gasteiger partial charge on any atom is -0.461 e. The number of anilines is 1. The molecule has 3 atom stereocenters. The van der Waals surface area contributed by atoms with Gasteiger partial charge in [-0.1, -0.05) is 121 Å². The van der Waals surface area contributed by atoms with Gasteiger partial charge in [0.05, 0.1) is 11.6 Å². The van der Waals surface area contributed by atoms with Crippen LogP contribution in [-0.4, -0.2) is 11.8 Å². The lowest BCUT2D eigenvalue weighted by molar-refractivity contribution is 0.415. The van der Waals surface area contributed by atoms with E-state index in [1.54, 1.807) is 0 Å². The minimum atomic E-state index is -0.306. The predicted molar refractivity (Wildman–Crippen MR) is 192 cm³/mol. The molecule has 5 aliphatic rings. The van der Waals surface area contributed by atoms with Crippen LogP contribution in [-0.2, 0) is 0 Å². The summed E-state index contributed by atoms with van der Waals surface area (Å²) in [4.78, 5) is 13.1. The molecule has 1 N–H and O–H groups in total. The van der Waals surface area contributed by atoms with Gasteiger partial charge in [0.1, 0.15) is 23.5 Å². The lowest BCUT2D eigenvalue weighted by atomic mass is 9.71. The molecule has 0 aromatic heterocycles. The number of nitrogens with one attached hydrogen (secondary N) is 1. The molecule has 0 spiro atoms. The molecule has 11 rings (SSSR count). The fourth-order valence-electron chi connectivity index (χ4n) is 8.46. The highest BCUT2D eigenvalue weighted by Crippen LogP contribution is 2.65. The van der Waals surface area contributed by atoms with Gasteiger partial charge < -0.3 is 10.1 Å². The highest BCUT2D eigenvalue weighted by atomic mass is 16.5. The standard InChI is InChI=1S/C43H28N4O/c1-3-12-25(13-4-1)41-44-42(26-14-5-2-6-15-26)46-43(45-41)47-33-22-23-35-39-36-31(20-11-21-34(36)48-35)29-18-9-10-19-30(29)32-24-27-16-7-8-17-28(27)40(47)37(32)38(33)39/h1-24,38-39,41H,(H,44,45,46). The van der Waals surface area contributed by atoms with Crippen LogP contribution in [0.1, 0.15) is 40.3 Å². The monoisotopic (exact) mass is 616 g/mol. The van der Waals surface area contributed by atoms with Crippen LogP contribution in [0.4, 0.5) is 5.69 Å². The zero-order valence-corrected chi connectivity index (χ0v) is 25.8. The number of fused-ring (bicyclic) bond motifs is 5. The first-order valence-corrected chi connectivity index (χ1v) is 16.5. The summed E-state index contributed by atoms with van der Waals surface area (Å²) in [5, 5.41) is 6.03. The predicted octanol–water partition coefficient (Wildman–Crippen LogP) is 9.45. The van der Waals surface area contributed by atoms with Crippen molar-refractivity contribution in [2.45, 2.75) is 18.0 Å². The lowest BCUT2D eigenvalue weighted by Gasteiger charge is -2.32. The molecule has 0 radical (unpaired) electrons. The third kappa shape index (κ3) is 3.50. The molecule has 0 saturated carbocycles. The van der Waals surface area contributed by atoms with Crippen LogP contribution in [0.5, 0.6) is 5.75 Å². The van der Waals surface area contributed by atoms with Crippen molar-refractivity contribution in [3.8, 4) is 28.0 Å². The van der Waals surface area contributed by atoms with Crippen molar-refractivity contribution >= 4 is 28.3 Å². The van der Waals surface area contributed by atoms with Crippen molar-refractivity contribution in [2.75, 3.05) is 4.90 Å². The summed E-state index contributed by atoms with van der Waals surface area (Å²) in [5.74, 6) is 3.50. The lowest BCUT2D eigenvalue weighted by Crippen LogP contribution is -2.39. The Hall–Kier alpha value is -6.20. The second-order valence-corrected chi connectivity index (χ2v) is 12.9. The van der Waals surface area contributed by atoms with Crippen molar-refractivity contribution in [1.29, 1.82) is 0 Å². The molecular formula is C43H28N4O. The fourth-order valence-corrected chi connectivity index (χ4v) is 8.46. The fraction of sp³-hybridized carbons (Fsp3) is 0.0698. The smallest absolute Gasteiger partial charge is 0.234 e. The molecule has 2 aliphatic carbocycles. The summed E-state index contributed by atoms with van der Waals surface area (Å²) in [5.41, 5.74) is 12.0.